The number of carbonyl (C=O) groups is 1. The van der Waals surface area contributed by atoms with Gasteiger partial charge in [-0.3, -0.25) is 4.79 Å². The van der Waals surface area contributed by atoms with Crippen molar-refractivity contribution >= 4 is 33.7 Å². The fourth-order valence-electron chi connectivity index (χ4n) is 1.42. The molecule has 18 heavy (non-hydrogen) atoms. The summed E-state index contributed by atoms with van der Waals surface area (Å²) in [4.78, 5) is 11.1. The van der Waals surface area contributed by atoms with Crippen molar-refractivity contribution in [2.45, 2.75) is 24.3 Å². The quantitative estimate of drug-likeness (QED) is 0.745. The summed E-state index contributed by atoms with van der Waals surface area (Å²) in [5, 5.41) is 0.248. The Morgan fingerprint density at radius 1 is 1.44 bits per heavy atom. The third kappa shape index (κ3) is 4.90. The van der Waals surface area contributed by atoms with E-state index in [0.29, 0.717) is 6.42 Å². The first-order valence-corrected chi connectivity index (χ1v) is 7.41. The normalized spacial score (nSPS) is 12.0. The largest absolute Gasteiger partial charge is 0.496 e. The third-order valence-electron chi connectivity index (χ3n) is 2.43. The first-order valence-electron chi connectivity index (χ1n) is 5.57. The van der Waals surface area contributed by atoms with Crippen LogP contribution in [0, 0.1) is 0 Å². The summed E-state index contributed by atoms with van der Waals surface area (Å²) in [6, 6.07) is 6.00. The molecule has 100 valence electrons. The lowest BCUT2D eigenvalue weighted by atomic mass is 10.2. The predicted molar refractivity (Wildman–Crippen MR) is 78.1 cm³/mol. The second-order valence-electron chi connectivity index (χ2n) is 3.87. The van der Waals surface area contributed by atoms with Crippen LogP contribution in [0.15, 0.2) is 22.7 Å². The topological polar surface area (TPSA) is 35.5 Å². The van der Waals surface area contributed by atoms with E-state index >= 15 is 0 Å². The van der Waals surface area contributed by atoms with Gasteiger partial charge in [-0.05, 0) is 33.6 Å². The van der Waals surface area contributed by atoms with Gasteiger partial charge in [0.1, 0.15) is 5.75 Å². The van der Waals surface area contributed by atoms with Crippen molar-refractivity contribution < 1.29 is 14.3 Å². The van der Waals surface area contributed by atoms with E-state index in [0.717, 1.165) is 16.0 Å². The smallest absolute Gasteiger partial charge is 0.306 e. The fourth-order valence-corrected chi connectivity index (χ4v) is 2.91. The lowest BCUT2D eigenvalue weighted by molar-refractivity contribution is -0.140. The minimum Gasteiger partial charge on any atom is -0.496 e. The maximum absolute atomic E-state index is 11.1. The molecule has 0 N–H and O–H groups in total. The lowest BCUT2D eigenvalue weighted by Crippen LogP contribution is -2.08. The van der Waals surface area contributed by atoms with Gasteiger partial charge < -0.3 is 9.47 Å². The molecule has 0 saturated carbocycles. The number of benzene rings is 1. The molecular formula is C13H17BrO3S. The van der Waals surface area contributed by atoms with E-state index in [2.05, 4.69) is 20.7 Å². The molecule has 0 aromatic heterocycles. The SMILES string of the molecule is COC(=O)CC(C)SCc1ccc(OC)c(Br)c1. The van der Waals surface area contributed by atoms with E-state index in [9.17, 15) is 4.79 Å². The van der Waals surface area contributed by atoms with E-state index in [1.54, 1.807) is 18.9 Å². The van der Waals surface area contributed by atoms with Crippen molar-refractivity contribution in [2.75, 3.05) is 14.2 Å². The minimum absolute atomic E-state index is 0.161. The minimum atomic E-state index is -0.161. The highest BCUT2D eigenvalue weighted by molar-refractivity contribution is 9.10. The van der Waals surface area contributed by atoms with Crippen LogP contribution < -0.4 is 4.74 Å². The molecule has 1 aromatic rings. The Morgan fingerprint density at radius 2 is 2.17 bits per heavy atom. The Morgan fingerprint density at radius 3 is 2.72 bits per heavy atom. The Balaban J connectivity index is 2.48. The zero-order chi connectivity index (χ0) is 13.5. The fraction of sp³-hybridized carbons (Fsp3) is 0.462. The monoisotopic (exact) mass is 332 g/mol. The number of carbonyl (C=O) groups excluding carboxylic acids is 1. The first kappa shape index (κ1) is 15.4. The van der Waals surface area contributed by atoms with Crippen LogP contribution in [-0.4, -0.2) is 25.4 Å². The molecule has 1 unspecified atom stereocenters. The van der Waals surface area contributed by atoms with Crippen LogP contribution in [-0.2, 0) is 15.3 Å². The number of halogens is 1. The molecular weight excluding hydrogens is 316 g/mol. The molecule has 0 aliphatic carbocycles. The Labute approximate surface area is 120 Å². The zero-order valence-corrected chi connectivity index (χ0v) is 13.1. The van der Waals surface area contributed by atoms with Crippen LogP contribution in [0.3, 0.4) is 0 Å². The number of ether oxygens (including phenoxy) is 2. The van der Waals surface area contributed by atoms with Crippen molar-refractivity contribution in [3.8, 4) is 5.75 Å². The highest BCUT2D eigenvalue weighted by Crippen LogP contribution is 2.28. The lowest BCUT2D eigenvalue weighted by Gasteiger charge is -2.10. The molecule has 0 saturated heterocycles. The Kier molecular flexibility index (Phi) is 6.57. The van der Waals surface area contributed by atoms with Gasteiger partial charge in [-0.1, -0.05) is 13.0 Å². The molecule has 0 spiro atoms. The van der Waals surface area contributed by atoms with Crippen LogP contribution in [0.5, 0.6) is 5.75 Å². The molecule has 0 aliphatic heterocycles. The molecule has 0 amide bonds. The van der Waals surface area contributed by atoms with Gasteiger partial charge in [0, 0.05) is 11.0 Å². The van der Waals surface area contributed by atoms with Crippen molar-refractivity contribution in [3.63, 3.8) is 0 Å². The van der Waals surface area contributed by atoms with Crippen LogP contribution >= 0.6 is 27.7 Å². The summed E-state index contributed by atoms with van der Waals surface area (Å²) in [6.45, 7) is 2.03. The molecule has 0 aliphatic rings. The molecule has 0 fully saturated rings. The van der Waals surface area contributed by atoms with Gasteiger partial charge in [-0.15, -0.1) is 0 Å². The standard InChI is InChI=1S/C13H17BrO3S/c1-9(6-13(15)17-3)18-8-10-4-5-12(16-2)11(14)7-10/h4-5,7,9H,6,8H2,1-3H3. The molecule has 3 nitrogen and oxygen atoms in total. The Bertz CT molecular complexity index is 409. The van der Waals surface area contributed by atoms with E-state index < -0.39 is 0 Å². The molecule has 0 radical (unpaired) electrons. The van der Waals surface area contributed by atoms with Gasteiger partial charge in [0.25, 0.3) is 0 Å². The average molecular weight is 333 g/mol. The maximum Gasteiger partial charge on any atom is 0.306 e. The molecule has 1 aromatic carbocycles. The maximum atomic E-state index is 11.1. The summed E-state index contributed by atoms with van der Waals surface area (Å²) in [5.41, 5.74) is 1.20. The van der Waals surface area contributed by atoms with Gasteiger partial charge in [0.2, 0.25) is 0 Å². The van der Waals surface area contributed by atoms with Gasteiger partial charge in [0.15, 0.2) is 0 Å². The summed E-state index contributed by atoms with van der Waals surface area (Å²) < 4.78 is 10.8. The number of rotatable bonds is 6. The van der Waals surface area contributed by atoms with Crippen molar-refractivity contribution in [1.29, 1.82) is 0 Å². The Hall–Kier alpha value is -0.680. The van der Waals surface area contributed by atoms with Gasteiger partial charge in [0.05, 0.1) is 25.1 Å². The summed E-state index contributed by atoms with van der Waals surface area (Å²) in [5.74, 6) is 1.53. The van der Waals surface area contributed by atoms with Crippen molar-refractivity contribution in [1.82, 2.24) is 0 Å². The molecule has 5 heteroatoms. The molecule has 1 rings (SSSR count). The second kappa shape index (κ2) is 7.69. The van der Waals surface area contributed by atoms with Crippen LogP contribution in [0.1, 0.15) is 18.9 Å². The summed E-state index contributed by atoms with van der Waals surface area (Å²) in [6.07, 6.45) is 0.443. The number of methoxy groups -OCH3 is 2. The predicted octanol–water partition coefficient (Wildman–Crippen LogP) is 3.64. The van der Waals surface area contributed by atoms with E-state index in [4.69, 9.17) is 4.74 Å². The van der Waals surface area contributed by atoms with Gasteiger partial charge >= 0.3 is 5.97 Å². The molecule has 1 atom stereocenters. The van der Waals surface area contributed by atoms with Crippen LogP contribution in [0.4, 0.5) is 0 Å². The van der Waals surface area contributed by atoms with Gasteiger partial charge in [-0.25, -0.2) is 0 Å². The number of esters is 1. The van der Waals surface area contributed by atoms with E-state index in [1.807, 2.05) is 25.1 Å². The highest BCUT2D eigenvalue weighted by Gasteiger charge is 2.10. The first-order chi connectivity index (χ1) is 8.56. The van der Waals surface area contributed by atoms with E-state index in [-0.39, 0.29) is 11.2 Å². The number of hydrogen-bond acceptors (Lipinski definition) is 4. The highest BCUT2D eigenvalue weighted by atomic mass is 79.9. The van der Waals surface area contributed by atoms with Crippen LogP contribution in [0.2, 0.25) is 0 Å². The second-order valence-corrected chi connectivity index (χ2v) is 6.15. The third-order valence-corrected chi connectivity index (χ3v) is 4.29. The number of hydrogen-bond donors (Lipinski definition) is 0. The number of thioether (sulfide) groups is 1. The summed E-state index contributed by atoms with van der Waals surface area (Å²) in [7, 11) is 3.06. The van der Waals surface area contributed by atoms with Crippen molar-refractivity contribution in [3.05, 3.63) is 28.2 Å². The summed E-state index contributed by atoms with van der Waals surface area (Å²) >= 11 is 5.19. The van der Waals surface area contributed by atoms with Gasteiger partial charge in [-0.2, -0.15) is 11.8 Å². The molecule has 0 heterocycles. The molecule has 0 bridgehead atoms. The van der Waals surface area contributed by atoms with E-state index in [1.165, 1.54) is 12.7 Å². The van der Waals surface area contributed by atoms with Crippen molar-refractivity contribution in [2.24, 2.45) is 0 Å². The zero-order valence-electron chi connectivity index (χ0n) is 10.7. The average Bonchev–Trinajstić information content (AvgIpc) is 2.36. The van der Waals surface area contributed by atoms with Crippen LogP contribution in [0.25, 0.3) is 0 Å².